The summed E-state index contributed by atoms with van der Waals surface area (Å²) in [5, 5.41) is 1.34. The van der Waals surface area contributed by atoms with Gasteiger partial charge in [-0.3, -0.25) is 5.73 Å². The number of nitrogens with zero attached hydrogens (tertiary/aromatic N) is 2. The van der Waals surface area contributed by atoms with Gasteiger partial charge >= 0.3 is 5.95 Å². The summed E-state index contributed by atoms with van der Waals surface area (Å²) >= 11 is 4.34. The van der Waals surface area contributed by atoms with Crippen LogP contribution in [0.4, 0.5) is 5.95 Å². The maximum Gasteiger partial charge on any atom is 0.390 e. The van der Waals surface area contributed by atoms with E-state index in [1.165, 1.54) is 10.6 Å². The molecule has 0 radical (unpaired) electrons. The molecular formula is C10H15IN3S+. The van der Waals surface area contributed by atoms with E-state index in [2.05, 4.69) is 39.1 Å². The summed E-state index contributed by atoms with van der Waals surface area (Å²) in [6.07, 6.45) is 1.04. The Morgan fingerprint density at radius 2 is 2.40 bits per heavy atom. The normalized spacial score (nSPS) is 19.3. The van der Waals surface area contributed by atoms with Gasteiger partial charge in [0.2, 0.25) is 0 Å². The number of aromatic nitrogens is 2. The minimum atomic E-state index is 0.518. The molecule has 0 amide bonds. The van der Waals surface area contributed by atoms with Gasteiger partial charge in [0.1, 0.15) is 16.8 Å². The number of thioether (sulfide) groups is 1. The van der Waals surface area contributed by atoms with Crippen molar-refractivity contribution in [3.63, 3.8) is 0 Å². The molecule has 0 bridgehead atoms. The average Bonchev–Trinajstić information content (AvgIpc) is 2.62. The number of anilines is 1. The predicted octanol–water partition coefficient (Wildman–Crippen LogP) is 1.90. The highest BCUT2D eigenvalue weighted by atomic mass is 127. The van der Waals surface area contributed by atoms with Crippen molar-refractivity contribution in [2.24, 2.45) is 0 Å². The Hall–Kier alpha value is -0.0400. The highest BCUT2D eigenvalue weighted by molar-refractivity contribution is 14.1. The number of hydrogen-bond donors (Lipinski definition) is 1. The molecule has 2 rings (SSSR count). The van der Waals surface area contributed by atoms with Crippen molar-refractivity contribution in [3.05, 3.63) is 11.3 Å². The van der Waals surface area contributed by atoms with Gasteiger partial charge in [-0.2, -0.15) is 0 Å². The fraction of sp³-hybridized carbons (Fsp3) is 0.600. The SMILES string of the molecule is CCc1c(C)nc(N)[n+]2c1SC[C@@H]2CI. The lowest BCUT2D eigenvalue weighted by Gasteiger charge is -2.10. The summed E-state index contributed by atoms with van der Waals surface area (Å²) in [5.41, 5.74) is 8.45. The first-order valence-corrected chi connectivity index (χ1v) is 7.59. The van der Waals surface area contributed by atoms with Crippen LogP contribution in [0.1, 0.15) is 24.2 Å². The number of nitrogens with two attached hydrogens (primary N) is 1. The van der Waals surface area contributed by atoms with Crippen LogP contribution in [0.25, 0.3) is 0 Å². The van der Waals surface area contributed by atoms with Crippen molar-refractivity contribution in [2.75, 3.05) is 15.9 Å². The molecule has 1 aliphatic heterocycles. The lowest BCUT2D eigenvalue weighted by atomic mass is 10.2. The molecule has 2 N–H and O–H groups in total. The first-order valence-electron chi connectivity index (χ1n) is 5.08. The maximum atomic E-state index is 6.00. The lowest BCUT2D eigenvalue weighted by Crippen LogP contribution is -2.44. The van der Waals surface area contributed by atoms with Gasteiger partial charge in [0.15, 0.2) is 0 Å². The highest BCUT2D eigenvalue weighted by Crippen LogP contribution is 2.32. The Kier molecular flexibility index (Phi) is 3.39. The third-order valence-electron chi connectivity index (χ3n) is 2.75. The number of hydrogen-bond acceptors (Lipinski definition) is 3. The van der Waals surface area contributed by atoms with Crippen LogP contribution < -0.4 is 10.3 Å². The molecule has 82 valence electrons. The van der Waals surface area contributed by atoms with Crippen molar-refractivity contribution in [1.82, 2.24) is 4.98 Å². The second-order valence-corrected chi connectivity index (χ2v) is 5.57. The van der Waals surface area contributed by atoms with Gasteiger partial charge in [0.25, 0.3) is 0 Å². The number of fused-ring (bicyclic) bond motifs is 1. The monoisotopic (exact) mass is 336 g/mol. The van der Waals surface area contributed by atoms with E-state index < -0.39 is 0 Å². The fourth-order valence-electron chi connectivity index (χ4n) is 1.98. The first-order chi connectivity index (χ1) is 7.19. The smallest absolute Gasteiger partial charge is 0.287 e. The van der Waals surface area contributed by atoms with Crippen LogP contribution in [0, 0.1) is 6.92 Å². The molecular weight excluding hydrogens is 321 g/mol. The van der Waals surface area contributed by atoms with Crippen LogP contribution in [0.15, 0.2) is 5.03 Å². The van der Waals surface area contributed by atoms with Gasteiger partial charge in [0, 0.05) is 15.7 Å². The van der Waals surface area contributed by atoms with E-state index >= 15 is 0 Å². The molecule has 0 fully saturated rings. The zero-order valence-electron chi connectivity index (χ0n) is 8.96. The minimum absolute atomic E-state index is 0.518. The van der Waals surface area contributed by atoms with Crippen LogP contribution in [0.2, 0.25) is 0 Å². The maximum absolute atomic E-state index is 6.00. The van der Waals surface area contributed by atoms with Gasteiger partial charge in [-0.05, 0) is 13.3 Å². The molecule has 2 heterocycles. The molecule has 1 aromatic rings. The summed E-state index contributed by atoms with van der Waals surface area (Å²) in [6, 6.07) is 0.518. The van der Waals surface area contributed by atoms with Crippen molar-refractivity contribution < 1.29 is 4.57 Å². The Morgan fingerprint density at radius 3 is 3.00 bits per heavy atom. The van der Waals surface area contributed by atoms with Gasteiger partial charge in [-0.1, -0.05) is 46.3 Å². The molecule has 5 heteroatoms. The van der Waals surface area contributed by atoms with Crippen molar-refractivity contribution >= 4 is 40.3 Å². The molecule has 3 nitrogen and oxygen atoms in total. The Balaban J connectivity index is 2.60. The fourth-order valence-corrected chi connectivity index (χ4v) is 4.57. The van der Waals surface area contributed by atoms with Gasteiger partial charge < -0.3 is 0 Å². The van der Waals surface area contributed by atoms with E-state index in [9.17, 15) is 0 Å². The van der Waals surface area contributed by atoms with E-state index in [0.29, 0.717) is 12.0 Å². The van der Waals surface area contributed by atoms with Crippen LogP contribution in [0.5, 0.6) is 0 Å². The molecule has 0 aliphatic carbocycles. The molecule has 1 atom stereocenters. The van der Waals surface area contributed by atoms with Gasteiger partial charge in [-0.25, -0.2) is 4.57 Å². The van der Waals surface area contributed by atoms with Crippen LogP contribution in [-0.2, 0) is 6.42 Å². The van der Waals surface area contributed by atoms with E-state index in [1.807, 2.05) is 18.7 Å². The zero-order chi connectivity index (χ0) is 11.0. The number of rotatable bonds is 2. The molecule has 0 aromatic carbocycles. The van der Waals surface area contributed by atoms with E-state index in [4.69, 9.17) is 5.73 Å². The molecule has 1 aromatic heterocycles. The quantitative estimate of drug-likeness (QED) is 0.388. The number of nitrogen functional groups attached to an aromatic ring is 1. The van der Waals surface area contributed by atoms with Crippen LogP contribution >= 0.6 is 34.4 Å². The Bertz CT molecular complexity index is 395. The summed E-state index contributed by atoms with van der Waals surface area (Å²) in [4.78, 5) is 4.44. The summed E-state index contributed by atoms with van der Waals surface area (Å²) < 4.78 is 3.31. The Morgan fingerprint density at radius 1 is 1.67 bits per heavy atom. The van der Waals surface area contributed by atoms with Crippen LogP contribution in [-0.4, -0.2) is 15.2 Å². The van der Waals surface area contributed by atoms with E-state index in [0.717, 1.165) is 22.3 Å². The van der Waals surface area contributed by atoms with Crippen LogP contribution in [0.3, 0.4) is 0 Å². The third-order valence-corrected chi connectivity index (χ3v) is 5.04. The van der Waals surface area contributed by atoms with Crippen molar-refractivity contribution in [3.8, 4) is 0 Å². The summed E-state index contributed by atoms with van der Waals surface area (Å²) in [5.74, 6) is 1.80. The number of halogens is 1. The first kappa shape index (κ1) is 11.4. The van der Waals surface area contributed by atoms with Crippen molar-refractivity contribution in [1.29, 1.82) is 0 Å². The van der Waals surface area contributed by atoms with Gasteiger partial charge in [-0.15, -0.1) is 0 Å². The molecule has 0 saturated carbocycles. The van der Waals surface area contributed by atoms with E-state index in [-0.39, 0.29) is 0 Å². The Labute approximate surface area is 108 Å². The molecule has 0 spiro atoms. The minimum Gasteiger partial charge on any atom is -0.287 e. The lowest BCUT2D eigenvalue weighted by molar-refractivity contribution is -0.731. The average molecular weight is 336 g/mol. The zero-order valence-corrected chi connectivity index (χ0v) is 11.9. The number of aryl methyl sites for hydroxylation is 1. The second kappa shape index (κ2) is 4.45. The standard InChI is InChI=1S/C10H14IN3S/c1-3-8-6(2)13-10(12)14-7(4-11)5-15-9(8)14/h7,12H,3-5H2,1-2H3/p+1/t7-/m0/s1. The van der Waals surface area contributed by atoms with Gasteiger partial charge in [0.05, 0.1) is 0 Å². The molecule has 0 unspecified atom stereocenters. The summed E-state index contributed by atoms with van der Waals surface area (Å²) in [6.45, 7) is 4.23. The molecule has 15 heavy (non-hydrogen) atoms. The molecule has 1 aliphatic rings. The predicted molar refractivity (Wildman–Crippen MR) is 71.6 cm³/mol. The second-order valence-electron chi connectivity index (χ2n) is 3.68. The summed E-state index contributed by atoms with van der Waals surface area (Å²) in [7, 11) is 0. The van der Waals surface area contributed by atoms with Crippen molar-refractivity contribution in [2.45, 2.75) is 31.3 Å². The largest absolute Gasteiger partial charge is 0.390 e. The molecule has 0 saturated heterocycles. The topological polar surface area (TPSA) is 42.8 Å². The number of alkyl halides is 1. The van der Waals surface area contributed by atoms with E-state index in [1.54, 1.807) is 0 Å². The highest BCUT2D eigenvalue weighted by Gasteiger charge is 2.32. The third kappa shape index (κ3) is 1.84.